The molecule has 3 heterocycles. The van der Waals surface area contributed by atoms with Crippen molar-refractivity contribution in [3.63, 3.8) is 0 Å². The zero-order valence-electron chi connectivity index (χ0n) is 12.0. The Balaban J connectivity index is 1.66. The van der Waals surface area contributed by atoms with Crippen LogP contribution in [0.5, 0.6) is 0 Å². The molecule has 0 bridgehead atoms. The van der Waals surface area contributed by atoms with Gasteiger partial charge in [-0.2, -0.15) is 0 Å². The molecule has 1 atom stereocenters. The molecule has 2 aromatic rings. The molecule has 2 N–H and O–H groups in total. The smallest absolute Gasteiger partial charge is 0.137 e. The third kappa shape index (κ3) is 2.48. The number of benzene rings is 1. The normalized spacial score (nSPS) is 23.0. The summed E-state index contributed by atoms with van der Waals surface area (Å²) in [6.07, 6.45) is 0. The molecule has 1 aromatic heterocycles. The van der Waals surface area contributed by atoms with Crippen molar-refractivity contribution in [3.8, 4) is 11.4 Å². The molecule has 4 rings (SSSR count). The second-order valence-electron chi connectivity index (χ2n) is 5.61. The van der Waals surface area contributed by atoms with Crippen molar-refractivity contribution < 1.29 is 4.74 Å². The fourth-order valence-electron chi connectivity index (χ4n) is 3.19. The van der Waals surface area contributed by atoms with Crippen LogP contribution in [0.25, 0.3) is 11.4 Å². The van der Waals surface area contributed by atoms with E-state index in [2.05, 4.69) is 39.5 Å². The van der Waals surface area contributed by atoms with Gasteiger partial charge in [0.1, 0.15) is 5.82 Å². The zero-order chi connectivity index (χ0) is 14.1. The van der Waals surface area contributed by atoms with E-state index in [0.717, 1.165) is 50.8 Å². The summed E-state index contributed by atoms with van der Waals surface area (Å²) < 4.78 is 5.46. The summed E-state index contributed by atoms with van der Waals surface area (Å²) in [4.78, 5) is 10.9. The van der Waals surface area contributed by atoms with Crippen molar-refractivity contribution in [2.45, 2.75) is 12.6 Å². The maximum atomic E-state index is 5.46. The van der Waals surface area contributed by atoms with Crippen molar-refractivity contribution in [1.82, 2.24) is 20.2 Å². The molecule has 0 radical (unpaired) electrons. The van der Waals surface area contributed by atoms with Crippen LogP contribution in [0, 0.1) is 0 Å². The lowest BCUT2D eigenvalue weighted by Gasteiger charge is -2.36. The number of aromatic amines is 1. The van der Waals surface area contributed by atoms with Crippen LogP contribution >= 0.6 is 0 Å². The first kappa shape index (κ1) is 13.0. The predicted octanol–water partition coefficient (Wildman–Crippen LogP) is 1.55. The highest BCUT2D eigenvalue weighted by atomic mass is 16.5. The zero-order valence-corrected chi connectivity index (χ0v) is 12.0. The molecule has 2 aliphatic heterocycles. The Morgan fingerprint density at radius 2 is 1.95 bits per heavy atom. The Hall–Kier alpha value is -1.69. The maximum absolute atomic E-state index is 5.46. The molecule has 1 saturated heterocycles. The number of nitrogens with zero attached hydrogens (tertiary/aromatic N) is 2. The van der Waals surface area contributed by atoms with E-state index in [1.807, 2.05) is 6.07 Å². The topological polar surface area (TPSA) is 53.2 Å². The third-order valence-electron chi connectivity index (χ3n) is 4.30. The number of hydrogen-bond acceptors (Lipinski definition) is 4. The highest BCUT2D eigenvalue weighted by Crippen LogP contribution is 2.28. The van der Waals surface area contributed by atoms with E-state index in [4.69, 9.17) is 9.72 Å². The van der Waals surface area contributed by atoms with Gasteiger partial charge in [0, 0.05) is 31.7 Å². The molecule has 0 aliphatic carbocycles. The average Bonchev–Trinajstić information content (AvgIpc) is 3.00. The van der Waals surface area contributed by atoms with E-state index in [0.29, 0.717) is 6.04 Å². The molecule has 1 fully saturated rings. The van der Waals surface area contributed by atoms with E-state index >= 15 is 0 Å². The number of nitrogens with one attached hydrogen (secondary N) is 2. The van der Waals surface area contributed by atoms with E-state index < -0.39 is 0 Å². The number of fused-ring (bicyclic) bond motifs is 1. The van der Waals surface area contributed by atoms with Crippen molar-refractivity contribution in [2.24, 2.45) is 0 Å². The van der Waals surface area contributed by atoms with E-state index in [9.17, 15) is 0 Å². The number of rotatable bonds is 2. The molecule has 0 amide bonds. The minimum Gasteiger partial charge on any atom is -0.379 e. The third-order valence-corrected chi connectivity index (χ3v) is 4.30. The predicted molar refractivity (Wildman–Crippen MR) is 80.9 cm³/mol. The summed E-state index contributed by atoms with van der Waals surface area (Å²) in [5, 5.41) is 3.50. The summed E-state index contributed by atoms with van der Waals surface area (Å²) in [6.45, 7) is 5.45. The lowest BCUT2D eigenvalue weighted by Crippen LogP contribution is -2.45. The number of aromatic nitrogens is 2. The van der Waals surface area contributed by atoms with E-state index in [1.165, 1.54) is 11.4 Å². The highest BCUT2D eigenvalue weighted by Gasteiger charge is 2.30. The number of ether oxygens (including phenoxy) is 1. The van der Waals surface area contributed by atoms with Crippen molar-refractivity contribution >= 4 is 0 Å². The number of morpholine rings is 1. The van der Waals surface area contributed by atoms with Gasteiger partial charge in [-0.1, -0.05) is 30.3 Å². The molecular weight excluding hydrogens is 264 g/mol. The molecule has 21 heavy (non-hydrogen) atoms. The summed E-state index contributed by atoms with van der Waals surface area (Å²) >= 11 is 0. The maximum Gasteiger partial charge on any atom is 0.137 e. The first-order chi connectivity index (χ1) is 10.4. The van der Waals surface area contributed by atoms with Crippen molar-refractivity contribution in [3.05, 3.63) is 41.7 Å². The largest absolute Gasteiger partial charge is 0.379 e. The molecule has 1 aromatic carbocycles. The minimum atomic E-state index is 0.353. The first-order valence-electron chi connectivity index (χ1n) is 7.58. The van der Waals surface area contributed by atoms with Crippen LogP contribution in [0.2, 0.25) is 0 Å². The molecule has 5 nitrogen and oxygen atoms in total. The quantitative estimate of drug-likeness (QED) is 0.878. The van der Waals surface area contributed by atoms with Gasteiger partial charge < -0.3 is 15.0 Å². The van der Waals surface area contributed by atoms with Gasteiger partial charge in [0.15, 0.2) is 0 Å². The summed E-state index contributed by atoms with van der Waals surface area (Å²) in [6, 6.07) is 10.7. The van der Waals surface area contributed by atoms with Gasteiger partial charge in [0.05, 0.1) is 30.6 Å². The Bertz CT molecular complexity index is 604. The number of H-pyrrole nitrogens is 1. The van der Waals surface area contributed by atoms with Gasteiger partial charge in [0.25, 0.3) is 0 Å². The Morgan fingerprint density at radius 1 is 1.14 bits per heavy atom. The van der Waals surface area contributed by atoms with Crippen molar-refractivity contribution in [2.75, 3.05) is 32.8 Å². The summed E-state index contributed by atoms with van der Waals surface area (Å²) in [7, 11) is 0. The second kappa shape index (κ2) is 5.60. The Kier molecular flexibility index (Phi) is 3.47. The number of hydrogen-bond donors (Lipinski definition) is 2. The fourth-order valence-corrected chi connectivity index (χ4v) is 3.19. The second-order valence-corrected chi connectivity index (χ2v) is 5.61. The van der Waals surface area contributed by atoms with Gasteiger partial charge >= 0.3 is 0 Å². The van der Waals surface area contributed by atoms with Crippen molar-refractivity contribution in [1.29, 1.82) is 0 Å². The molecular formula is C16H20N4O. The van der Waals surface area contributed by atoms with Gasteiger partial charge in [-0.15, -0.1) is 0 Å². The van der Waals surface area contributed by atoms with Crippen LogP contribution in [0.1, 0.15) is 17.4 Å². The number of imidazole rings is 1. The van der Waals surface area contributed by atoms with Crippen LogP contribution < -0.4 is 5.32 Å². The standard InChI is InChI=1S/C16H20N4O/c1-2-4-12(5-3-1)16-18-13-10-17-11-14(15(13)19-16)20-6-8-21-9-7-20/h1-5,14,17H,6-11H2,(H,18,19). The average molecular weight is 284 g/mol. The minimum absolute atomic E-state index is 0.353. The fraction of sp³-hybridized carbons (Fsp3) is 0.438. The SMILES string of the molecule is c1ccc(-c2nc3c([nH]2)CNCC3N2CCOCC2)cc1. The molecule has 0 saturated carbocycles. The van der Waals surface area contributed by atoms with Gasteiger partial charge in [0.2, 0.25) is 0 Å². The lowest BCUT2D eigenvalue weighted by molar-refractivity contribution is 0.0137. The van der Waals surface area contributed by atoms with Crippen LogP contribution in [0.15, 0.2) is 30.3 Å². The lowest BCUT2D eigenvalue weighted by atomic mass is 10.1. The molecule has 110 valence electrons. The van der Waals surface area contributed by atoms with E-state index in [1.54, 1.807) is 0 Å². The summed E-state index contributed by atoms with van der Waals surface area (Å²) in [5.74, 6) is 0.975. The monoisotopic (exact) mass is 284 g/mol. The van der Waals surface area contributed by atoms with Gasteiger partial charge in [-0.05, 0) is 0 Å². The first-order valence-corrected chi connectivity index (χ1v) is 7.58. The van der Waals surface area contributed by atoms with Crippen LogP contribution in [-0.2, 0) is 11.3 Å². The Labute approximate surface area is 124 Å². The molecule has 2 aliphatic rings. The molecule has 5 heteroatoms. The van der Waals surface area contributed by atoms with Gasteiger partial charge in [-0.25, -0.2) is 4.98 Å². The van der Waals surface area contributed by atoms with E-state index in [-0.39, 0.29) is 0 Å². The molecule has 0 spiro atoms. The van der Waals surface area contributed by atoms with Gasteiger partial charge in [-0.3, -0.25) is 4.90 Å². The van der Waals surface area contributed by atoms with Crippen LogP contribution in [-0.4, -0.2) is 47.7 Å². The highest BCUT2D eigenvalue weighted by molar-refractivity contribution is 5.56. The van der Waals surface area contributed by atoms with Crippen LogP contribution in [0.4, 0.5) is 0 Å². The van der Waals surface area contributed by atoms with Crippen LogP contribution in [0.3, 0.4) is 0 Å². The Morgan fingerprint density at radius 3 is 2.76 bits per heavy atom. The molecule has 1 unspecified atom stereocenters. The summed E-state index contributed by atoms with van der Waals surface area (Å²) in [5.41, 5.74) is 3.57.